The Morgan fingerprint density at radius 1 is 0.974 bits per heavy atom. The third kappa shape index (κ3) is 3.60. The number of ether oxygens (including phenoxy) is 2. The highest BCUT2D eigenvalue weighted by Crippen LogP contribution is 2.45. The van der Waals surface area contributed by atoms with Crippen molar-refractivity contribution in [2.24, 2.45) is 0 Å². The summed E-state index contributed by atoms with van der Waals surface area (Å²) < 4.78 is 13.1. The van der Waals surface area contributed by atoms with Gasteiger partial charge < -0.3 is 14.6 Å². The van der Waals surface area contributed by atoms with Gasteiger partial charge in [0.1, 0.15) is 22.8 Å². The summed E-state index contributed by atoms with van der Waals surface area (Å²) in [7, 11) is 3.14. The maximum atomic E-state index is 13.6. The molecule has 38 heavy (non-hydrogen) atoms. The zero-order chi connectivity index (χ0) is 26.6. The monoisotopic (exact) mass is 526 g/mol. The summed E-state index contributed by atoms with van der Waals surface area (Å²) in [6.45, 7) is 1.75. The number of imidazole rings is 1. The Morgan fingerprint density at radius 3 is 2.45 bits per heavy atom. The number of fused-ring (bicyclic) bond motifs is 2. The van der Waals surface area contributed by atoms with E-state index in [2.05, 4.69) is 9.97 Å². The lowest BCUT2D eigenvalue weighted by molar-refractivity contribution is -0.132. The number of carbonyl (C=O) groups is 2. The Labute approximate surface area is 221 Å². The van der Waals surface area contributed by atoms with Gasteiger partial charge in [-0.05, 0) is 55.0 Å². The quantitative estimate of drug-likeness (QED) is 0.197. The number of anilines is 1. The lowest BCUT2D eigenvalue weighted by atomic mass is 9.96. The van der Waals surface area contributed by atoms with Crippen molar-refractivity contribution in [2.45, 2.75) is 13.0 Å². The SMILES string of the molecule is COc1ccc(C2/C(=C(\O)c3c(C)nc4ccccn34)C(=O)C(=O)N2c2nc3ccc(OC)cc3s2)cc1. The molecule has 1 amide bonds. The van der Waals surface area contributed by atoms with Gasteiger partial charge in [0.05, 0.1) is 41.7 Å². The number of methoxy groups -OCH3 is 2. The second-order valence-corrected chi connectivity index (χ2v) is 9.76. The van der Waals surface area contributed by atoms with E-state index in [0.29, 0.717) is 44.7 Å². The molecule has 1 fully saturated rings. The Kier molecular flexibility index (Phi) is 5.61. The van der Waals surface area contributed by atoms with E-state index in [1.165, 1.54) is 16.2 Å². The number of hydrogen-bond donors (Lipinski definition) is 1. The van der Waals surface area contributed by atoms with Crippen molar-refractivity contribution < 1.29 is 24.2 Å². The fraction of sp³-hybridized carbons (Fsp3) is 0.143. The van der Waals surface area contributed by atoms with Gasteiger partial charge >= 0.3 is 5.91 Å². The number of Topliss-reactive ketones (excluding diaryl/α,β-unsaturated/α-hetero) is 1. The summed E-state index contributed by atoms with van der Waals surface area (Å²) in [5, 5.41) is 12.0. The molecule has 2 aromatic carbocycles. The van der Waals surface area contributed by atoms with Crippen molar-refractivity contribution in [3.05, 3.63) is 89.4 Å². The first kappa shape index (κ1) is 23.7. The molecular weight excluding hydrogens is 504 g/mol. The highest BCUT2D eigenvalue weighted by Gasteiger charge is 2.48. The van der Waals surface area contributed by atoms with Crippen LogP contribution in [0.1, 0.15) is 23.0 Å². The molecule has 1 N–H and O–H groups in total. The van der Waals surface area contributed by atoms with Gasteiger partial charge in [-0.25, -0.2) is 9.97 Å². The number of hydrogen-bond acceptors (Lipinski definition) is 8. The van der Waals surface area contributed by atoms with Gasteiger partial charge in [-0.2, -0.15) is 0 Å². The number of nitrogens with zero attached hydrogens (tertiary/aromatic N) is 4. The molecule has 1 atom stereocenters. The molecular formula is C28H22N4O5S. The molecule has 0 spiro atoms. The third-order valence-corrected chi connectivity index (χ3v) is 7.61. The second kappa shape index (κ2) is 9.00. The van der Waals surface area contributed by atoms with E-state index in [1.807, 2.05) is 12.1 Å². The van der Waals surface area contributed by atoms with Crippen LogP contribution in [0.3, 0.4) is 0 Å². The topological polar surface area (TPSA) is 106 Å². The van der Waals surface area contributed by atoms with E-state index in [0.717, 1.165) is 4.70 Å². The molecule has 0 radical (unpaired) electrons. The van der Waals surface area contributed by atoms with Crippen LogP contribution in [0.25, 0.3) is 21.6 Å². The zero-order valence-corrected chi connectivity index (χ0v) is 21.5. The maximum Gasteiger partial charge on any atom is 0.301 e. The van der Waals surface area contributed by atoms with E-state index in [9.17, 15) is 14.7 Å². The molecule has 190 valence electrons. The normalized spacial score (nSPS) is 17.0. The van der Waals surface area contributed by atoms with Crippen LogP contribution in [-0.4, -0.2) is 45.4 Å². The minimum absolute atomic E-state index is 0.0363. The molecule has 0 bridgehead atoms. The Balaban J connectivity index is 1.59. The van der Waals surface area contributed by atoms with Crippen LogP contribution in [0, 0.1) is 6.92 Å². The lowest BCUT2D eigenvalue weighted by Gasteiger charge is -2.23. The summed E-state index contributed by atoms with van der Waals surface area (Å²) in [4.78, 5) is 37.7. The smallest absolute Gasteiger partial charge is 0.301 e. The molecule has 3 aromatic heterocycles. The van der Waals surface area contributed by atoms with E-state index < -0.39 is 17.7 Å². The summed E-state index contributed by atoms with van der Waals surface area (Å²) >= 11 is 1.27. The van der Waals surface area contributed by atoms with Crippen LogP contribution < -0.4 is 14.4 Å². The number of aromatic nitrogens is 3. The maximum absolute atomic E-state index is 13.6. The summed E-state index contributed by atoms with van der Waals surface area (Å²) in [6.07, 6.45) is 1.75. The fourth-order valence-electron chi connectivity index (χ4n) is 4.78. The van der Waals surface area contributed by atoms with Crippen molar-refractivity contribution in [3.8, 4) is 11.5 Å². The number of thiazole rings is 1. The molecule has 1 aliphatic heterocycles. The average Bonchev–Trinajstić information content (AvgIpc) is 3.58. The van der Waals surface area contributed by atoms with Crippen molar-refractivity contribution in [3.63, 3.8) is 0 Å². The molecule has 6 rings (SSSR count). The number of carbonyl (C=O) groups excluding carboxylic acids is 2. The number of benzene rings is 2. The Morgan fingerprint density at radius 2 is 1.71 bits per heavy atom. The van der Waals surface area contributed by atoms with Crippen molar-refractivity contribution in [1.82, 2.24) is 14.4 Å². The minimum Gasteiger partial charge on any atom is -0.505 e. The number of aliphatic hydroxyl groups is 1. The Hall–Kier alpha value is -4.70. The van der Waals surface area contributed by atoms with Crippen molar-refractivity contribution in [2.75, 3.05) is 19.1 Å². The third-order valence-electron chi connectivity index (χ3n) is 6.59. The molecule has 10 heteroatoms. The van der Waals surface area contributed by atoms with Gasteiger partial charge in [-0.1, -0.05) is 29.5 Å². The molecule has 9 nitrogen and oxygen atoms in total. The number of rotatable bonds is 5. The molecule has 5 aromatic rings. The van der Waals surface area contributed by atoms with Crippen LogP contribution >= 0.6 is 11.3 Å². The number of amides is 1. The van der Waals surface area contributed by atoms with Gasteiger partial charge in [0.15, 0.2) is 10.9 Å². The van der Waals surface area contributed by atoms with Gasteiger partial charge in [-0.15, -0.1) is 0 Å². The van der Waals surface area contributed by atoms with Crippen molar-refractivity contribution >= 4 is 49.8 Å². The Bertz CT molecular complexity index is 1770. The predicted octanol–water partition coefficient (Wildman–Crippen LogP) is 4.90. The standard InChI is InChI=1S/C28H22N4O5S/c1-15-23(31-13-5-4-6-21(31)29-15)25(33)22-24(16-7-9-17(36-2)10-8-16)32(27(35)26(22)34)28-30-19-12-11-18(37-3)14-20(19)38-28/h4-14,24,33H,1-3H3/b25-22+. The van der Waals surface area contributed by atoms with Crippen molar-refractivity contribution in [1.29, 1.82) is 0 Å². The largest absolute Gasteiger partial charge is 0.505 e. The van der Waals surface area contributed by atoms with E-state index in [4.69, 9.17) is 9.47 Å². The number of pyridine rings is 1. The van der Waals surface area contributed by atoms with Crippen LogP contribution in [0.4, 0.5) is 5.13 Å². The molecule has 0 saturated carbocycles. The molecule has 0 aliphatic carbocycles. The van der Waals surface area contributed by atoms with Crippen LogP contribution in [0.2, 0.25) is 0 Å². The average molecular weight is 527 g/mol. The minimum atomic E-state index is -0.919. The molecule has 1 saturated heterocycles. The first-order valence-electron chi connectivity index (χ1n) is 11.7. The fourth-order valence-corrected chi connectivity index (χ4v) is 5.80. The summed E-state index contributed by atoms with van der Waals surface area (Å²) in [5.41, 5.74) is 2.74. The van der Waals surface area contributed by atoms with Gasteiger partial charge in [0, 0.05) is 6.20 Å². The second-order valence-electron chi connectivity index (χ2n) is 8.75. The number of aryl methyl sites for hydroxylation is 1. The summed E-state index contributed by atoms with van der Waals surface area (Å²) in [5.74, 6) is -0.596. The highest BCUT2D eigenvalue weighted by atomic mass is 32.1. The van der Waals surface area contributed by atoms with E-state index >= 15 is 0 Å². The van der Waals surface area contributed by atoms with Gasteiger partial charge in [-0.3, -0.25) is 18.9 Å². The molecule has 1 aliphatic rings. The van der Waals surface area contributed by atoms with Crippen LogP contribution in [0.15, 0.2) is 72.4 Å². The van der Waals surface area contributed by atoms with Gasteiger partial charge in [0.25, 0.3) is 5.78 Å². The number of ketones is 1. The molecule has 4 heterocycles. The highest BCUT2D eigenvalue weighted by molar-refractivity contribution is 7.22. The first-order valence-corrected chi connectivity index (χ1v) is 12.6. The predicted molar refractivity (Wildman–Crippen MR) is 144 cm³/mol. The van der Waals surface area contributed by atoms with Crippen LogP contribution in [0.5, 0.6) is 11.5 Å². The van der Waals surface area contributed by atoms with E-state index in [-0.39, 0.29) is 11.3 Å². The zero-order valence-electron chi connectivity index (χ0n) is 20.7. The van der Waals surface area contributed by atoms with Crippen LogP contribution in [-0.2, 0) is 9.59 Å². The number of aliphatic hydroxyl groups excluding tert-OH is 1. The lowest BCUT2D eigenvalue weighted by Crippen LogP contribution is -2.29. The first-order chi connectivity index (χ1) is 18.4. The summed E-state index contributed by atoms with van der Waals surface area (Å²) in [6, 6.07) is 17.0. The van der Waals surface area contributed by atoms with Gasteiger partial charge in [0.2, 0.25) is 0 Å². The van der Waals surface area contributed by atoms with E-state index in [1.54, 1.807) is 80.3 Å². The molecule has 1 unspecified atom stereocenters.